The van der Waals surface area contributed by atoms with Crippen molar-refractivity contribution < 1.29 is 14.3 Å². The molecule has 1 atom stereocenters. The maximum absolute atomic E-state index is 12.4. The molecule has 2 fully saturated rings. The second kappa shape index (κ2) is 8.90. The molecule has 3 aliphatic rings. The van der Waals surface area contributed by atoms with E-state index in [0.29, 0.717) is 24.7 Å². The summed E-state index contributed by atoms with van der Waals surface area (Å²) in [7, 11) is 2.35. The third kappa shape index (κ3) is 4.18. The first kappa shape index (κ1) is 21.5. The fraction of sp³-hybridized carbons (Fsp3) is 0.542. The maximum atomic E-state index is 12.4. The average molecular weight is 456 g/mol. The molecule has 3 aliphatic heterocycles. The normalized spacial score (nSPS) is 21.2. The van der Waals surface area contributed by atoms with Crippen LogP contribution >= 0.6 is 0 Å². The lowest BCUT2D eigenvalue weighted by Crippen LogP contribution is -2.54. The van der Waals surface area contributed by atoms with Gasteiger partial charge in [-0.2, -0.15) is 4.98 Å². The SMILES string of the molecule is Cc1ccc(C(=O)OC2CN(c3nc4c(c(N(C)C5CCOCC5)n3)[S+](C)CC4)C2)cc1. The summed E-state index contributed by atoms with van der Waals surface area (Å²) in [4.78, 5) is 28.2. The van der Waals surface area contributed by atoms with Crippen LogP contribution in [-0.4, -0.2) is 73.4 Å². The molecule has 0 amide bonds. The lowest BCUT2D eigenvalue weighted by molar-refractivity contribution is 0.0231. The number of aromatic nitrogens is 2. The first-order valence-corrected chi connectivity index (χ1v) is 13.2. The lowest BCUT2D eigenvalue weighted by atomic mass is 10.1. The molecule has 1 aromatic carbocycles. The van der Waals surface area contributed by atoms with Crippen molar-refractivity contribution in [1.82, 2.24) is 9.97 Å². The summed E-state index contributed by atoms with van der Waals surface area (Å²) in [5.41, 5.74) is 2.91. The summed E-state index contributed by atoms with van der Waals surface area (Å²) in [6.45, 7) is 4.90. The molecule has 0 spiro atoms. The highest BCUT2D eigenvalue weighted by Gasteiger charge is 2.40. The summed E-state index contributed by atoms with van der Waals surface area (Å²) in [6.07, 6.45) is 5.25. The van der Waals surface area contributed by atoms with Crippen LogP contribution in [0.15, 0.2) is 29.2 Å². The van der Waals surface area contributed by atoms with Crippen LogP contribution < -0.4 is 9.80 Å². The van der Waals surface area contributed by atoms with Gasteiger partial charge in [0.1, 0.15) is 23.8 Å². The van der Waals surface area contributed by atoms with Gasteiger partial charge in [-0.15, -0.1) is 0 Å². The molecular formula is C24H31N4O3S+. The summed E-state index contributed by atoms with van der Waals surface area (Å²) in [5.74, 6) is 2.73. The zero-order chi connectivity index (χ0) is 22.2. The number of hydrogen-bond acceptors (Lipinski definition) is 7. The van der Waals surface area contributed by atoms with Crippen molar-refractivity contribution in [3.63, 3.8) is 0 Å². The molecular weight excluding hydrogens is 424 g/mol. The molecule has 4 heterocycles. The number of carbonyl (C=O) groups is 1. The minimum absolute atomic E-state index is 0.127. The Morgan fingerprint density at radius 2 is 1.91 bits per heavy atom. The summed E-state index contributed by atoms with van der Waals surface area (Å²) in [6, 6.07) is 7.95. The molecule has 2 saturated heterocycles. The van der Waals surface area contributed by atoms with Gasteiger partial charge >= 0.3 is 5.97 Å². The van der Waals surface area contributed by atoms with E-state index in [1.54, 1.807) is 0 Å². The van der Waals surface area contributed by atoms with Crippen LogP contribution in [-0.2, 0) is 26.8 Å². The van der Waals surface area contributed by atoms with Crippen LogP contribution in [0.3, 0.4) is 0 Å². The van der Waals surface area contributed by atoms with Gasteiger partial charge in [-0.1, -0.05) is 17.7 Å². The van der Waals surface area contributed by atoms with E-state index in [4.69, 9.17) is 19.4 Å². The van der Waals surface area contributed by atoms with E-state index in [0.717, 1.165) is 55.6 Å². The molecule has 8 heteroatoms. The second-order valence-corrected chi connectivity index (χ2v) is 11.1. The van der Waals surface area contributed by atoms with Crippen molar-refractivity contribution in [2.75, 3.05) is 55.2 Å². The van der Waals surface area contributed by atoms with Crippen molar-refractivity contribution >= 4 is 28.6 Å². The number of carbonyl (C=O) groups excluding carboxylic acids is 1. The number of esters is 1. The van der Waals surface area contributed by atoms with Crippen molar-refractivity contribution in [1.29, 1.82) is 0 Å². The Labute approximate surface area is 192 Å². The molecule has 1 aromatic heterocycles. The largest absolute Gasteiger partial charge is 0.455 e. The third-order valence-electron chi connectivity index (χ3n) is 6.66. The predicted molar refractivity (Wildman–Crippen MR) is 127 cm³/mol. The third-order valence-corrected chi connectivity index (χ3v) is 8.60. The molecule has 32 heavy (non-hydrogen) atoms. The molecule has 0 bridgehead atoms. The van der Waals surface area contributed by atoms with E-state index in [-0.39, 0.29) is 23.0 Å². The van der Waals surface area contributed by atoms with Gasteiger partial charge in [0.2, 0.25) is 10.8 Å². The number of aryl methyl sites for hydroxylation is 2. The minimum atomic E-state index is -0.264. The molecule has 2 aromatic rings. The Bertz CT molecular complexity index is 987. The van der Waals surface area contributed by atoms with Crippen LogP contribution in [0.5, 0.6) is 0 Å². The molecule has 5 rings (SSSR count). The molecule has 0 N–H and O–H groups in total. The summed E-state index contributed by atoms with van der Waals surface area (Å²) in [5, 5.41) is 0. The molecule has 0 radical (unpaired) electrons. The second-order valence-electron chi connectivity index (χ2n) is 8.97. The molecule has 0 aliphatic carbocycles. The van der Waals surface area contributed by atoms with Crippen LogP contribution in [0.2, 0.25) is 0 Å². The van der Waals surface area contributed by atoms with Gasteiger partial charge in [-0.25, -0.2) is 9.78 Å². The van der Waals surface area contributed by atoms with Crippen molar-refractivity contribution in [3.8, 4) is 0 Å². The monoisotopic (exact) mass is 455 g/mol. The van der Waals surface area contributed by atoms with Gasteiger partial charge in [0.15, 0.2) is 5.82 Å². The lowest BCUT2D eigenvalue weighted by Gasteiger charge is -2.39. The Kier molecular flexibility index (Phi) is 5.99. The highest BCUT2D eigenvalue weighted by atomic mass is 32.2. The standard InChI is InChI=1S/C24H31N4O3S/c1-16-4-6-17(7-5-16)23(29)31-19-14-28(15-19)24-25-20-10-13-32(3)21(20)22(26-24)27(2)18-8-11-30-12-9-18/h4-7,18-19H,8-15H2,1-3H3/q+1. The van der Waals surface area contributed by atoms with E-state index in [2.05, 4.69) is 23.1 Å². The number of fused-ring (bicyclic) bond motifs is 1. The average Bonchev–Trinajstić information content (AvgIpc) is 3.16. The predicted octanol–water partition coefficient (Wildman–Crippen LogP) is 2.61. The quantitative estimate of drug-likeness (QED) is 0.507. The number of ether oxygens (including phenoxy) is 2. The van der Waals surface area contributed by atoms with E-state index >= 15 is 0 Å². The van der Waals surface area contributed by atoms with Crippen molar-refractivity contribution in [2.45, 2.75) is 43.2 Å². The molecule has 1 unspecified atom stereocenters. The van der Waals surface area contributed by atoms with E-state index < -0.39 is 0 Å². The van der Waals surface area contributed by atoms with Gasteiger partial charge in [0.25, 0.3) is 0 Å². The van der Waals surface area contributed by atoms with Gasteiger partial charge in [-0.05, 0) is 31.9 Å². The minimum Gasteiger partial charge on any atom is -0.455 e. The Morgan fingerprint density at radius 3 is 2.62 bits per heavy atom. The first-order valence-electron chi connectivity index (χ1n) is 11.4. The van der Waals surface area contributed by atoms with Gasteiger partial charge in [0.05, 0.1) is 18.7 Å². The van der Waals surface area contributed by atoms with E-state index in [1.807, 2.05) is 31.2 Å². The van der Waals surface area contributed by atoms with Gasteiger partial charge in [0, 0.05) is 43.6 Å². The van der Waals surface area contributed by atoms with Crippen LogP contribution in [0.4, 0.5) is 11.8 Å². The first-order chi connectivity index (χ1) is 15.5. The van der Waals surface area contributed by atoms with Crippen molar-refractivity contribution in [3.05, 3.63) is 41.1 Å². The maximum Gasteiger partial charge on any atom is 0.338 e. The van der Waals surface area contributed by atoms with E-state index in [1.165, 1.54) is 10.6 Å². The Balaban J connectivity index is 1.29. The fourth-order valence-electron chi connectivity index (χ4n) is 4.56. The van der Waals surface area contributed by atoms with Crippen LogP contribution in [0, 0.1) is 6.92 Å². The highest BCUT2D eigenvalue weighted by Crippen LogP contribution is 2.36. The zero-order valence-corrected chi connectivity index (χ0v) is 19.9. The number of benzene rings is 1. The van der Waals surface area contributed by atoms with E-state index in [9.17, 15) is 4.79 Å². The summed E-state index contributed by atoms with van der Waals surface area (Å²) < 4.78 is 11.2. The number of rotatable bonds is 5. The summed E-state index contributed by atoms with van der Waals surface area (Å²) >= 11 is 0. The zero-order valence-electron chi connectivity index (χ0n) is 19.0. The molecule has 7 nitrogen and oxygen atoms in total. The number of hydrogen-bond donors (Lipinski definition) is 0. The van der Waals surface area contributed by atoms with Crippen molar-refractivity contribution in [2.24, 2.45) is 0 Å². The highest BCUT2D eigenvalue weighted by molar-refractivity contribution is 7.96. The van der Waals surface area contributed by atoms with Crippen LogP contribution in [0.1, 0.15) is 34.5 Å². The molecule has 170 valence electrons. The Morgan fingerprint density at radius 1 is 1.19 bits per heavy atom. The smallest absolute Gasteiger partial charge is 0.338 e. The van der Waals surface area contributed by atoms with Gasteiger partial charge < -0.3 is 19.3 Å². The van der Waals surface area contributed by atoms with Crippen LogP contribution in [0.25, 0.3) is 0 Å². The fourth-order valence-corrected chi connectivity index (χ4v) is 6.32. The number of nitrogens with zero attached hydrogens (tertiary/aromatic N) is 4. The van der Waals surface area contributed by atoms with Gasteiger partial charge in [-0.3, -0.25) is 0 Å². The molecule has 0 saturated carbocycles. The topological polar surface area (TPSA) is 67.8 Å². The Hall–Kier alpha value is -2.32. The number of anilines is 2.